The SMILES string of the molecule is N#Cc1cn[nH]c1NC(=O)Nc1ccc(Cl)cc1. The van der Waals surface area contributed by atoms with Crippen LogP contribution in [0.1, 0.15) is 5.56 Å². The lowest BCUT2D eigenvalue weighted by atomic mass is 10.3. The normalized spacial score (nSPS) is 9.56. The van der Waals surface area contributed by atoms with E-state index in [0.29, 0.717) is 10.7 Å². The molecule has 90 valence electrons. The number of rotatable bonds is 2. The van der Waals surface area contributed by atoms with Crippen molar-refractivity contribution < 1.29 is 4.79 Å². The van der Waals surface area contributed by atoms with Gasteiger partial charge in [-0.05, 0) is 24.3 Å². The molecule has 0 saturated heterocycles. The van der Waals surface area contributed by atoms with Crippen LogP contribution in [0.25, 0.3) is 0 Å². The van der Waals surface area contributed by atoms with Gasteiger partial charge in [-0.2, -0.15) is 10.4 Å². The number of urea groups is 1. The summed E-state index contributed by atoms with van der Waals surface area (Å²) in [6, 6.07) is 8.08. The first kappa shape index (κ1) is 12.0. The number of halogens is 1. The third kappa shape index (κ3) is 2.78. The smallest absolute Gasteiger partial charge is 0.308 e. The first-order valence-electron chi connectivity index (χ1n) is 4.96. The van der Waals surface area contributed by atoms with Crippen LogP contribution in [0.15, 0.2) is 30.5 Å². The van der Waals surface area contributed by atoms with Crippen LogP contribution in [0.3, 0.4) is 0 Å². The van der Waals surface area contributed by atoms with Gasteiger partial charge in [-0.1, -0.05) is 11.6 Å². The van der Waals surface area contributed by atoms with Crippen LogP contribution < -0.4 is 10.6 Å². The highest BCUT2D eigenvalue weighted by molar-refractivity contribution is 6.30. The zero-order valence-corrected chi connectivity index (χ0v) is 9.82. The lowest BCUT2D eigenvalue weighted by Crippen LogP contribution is -2.20. The maximum atomic E-state index is 11.6. The van der Waals surface area contributed by atoms with Gasteiger partial charge in [0.05, 0.1) is 6.20 Å². The van der Waals surface area contributed by atoms with Gasteiger partial charge in [0.2, 0.25) is 0 Å². The molecule has 0 aliphatic carbocycles. The van der Waals surface area contributed by atoms with Crippen molar-refractivity contribution in [1.29, 1.82) is 5.26 Å². The molecule has 6 nitrogen and oxygen atoms in total. The van der Waals surface area contributed by atoms with Gasteiger partial charge in [0.25, 0.3) is 0 Å². The Kier molecular flexibility index (Phi) is 3.46. The molecule has 0 unspecified atom stereocenters. The van der Waals surface area contributed by atoms with Crippen LogP contribution in [-0.4, -0.2) is 16.2 Å². The van der Waals surface area contributed by atoms with Crippen LogP contribution in [0.5, 0.6) is 0 Å². The Labute approximate surface area is 108 Å². The molecule has 0 spiro atoms. The molecule has 18 heavy (non-hydrogen) atoms. The molecule has 0 bridgehead atoms. The first-order chi connectivity index (χ1) is 8.69. The molecule has 1 heterocycles. The molecular formula is C11H8ClN5O. The van der Waals surface area contributed by atoms with Crippen molar-refractivity contribution in [1.82, 2.24) is 10.2 Å². The molecule has 0 aliphatic rings. The lowest BCUT2D eigenvalue weighted by molar-refractivity contribution is 0.262. The molecule has 0 atom stereocenters. The molecule has 2 aromatic rings. The third-order valence-corrected chi connectivity index (χ3v) is 2.35. The minimum absolute atomic E-state index is 0.254. The summed E-state index contributed by atoms with van der Waals surface area (Å²) in [5, 5.41) is 20.6. The van der Waals surface area contributed by atoms with E-state index in [1.807, 2.05) is 6.07 Å². The molecule has 0 aliphatic heterocycles. The summed E-state index contributed by atoms with van der Waals surface area (Å²) >= 11 is 5.73. The van der Waals surface area contributed by atoms with Crippen LogP contribution in [0, 0.1) is 11.3 Å². The number of hydrogen-bond acceptors (Lipinski definition) is 3. The summed E-state index contributed by atoms with van der Waals surface area (Å²) in [7, 11) is 0. The molecule has 1 aromatic carbocycles. The zero-order chi connectivity index (χ0) is 13.0. The standard InChI is InChI=1S/C11H8ClN5O/c12-8-1-3-9(4-2-8)15-11(18)16-10-7(5-13)6-14-17-10/h1-4,6H,(H3,14,15,16,17,18). The van der Waals surface area contributed by atoms with E-state index in [1.165, 1.54) is 6.20 Å². The van der Waals surface area contributed by atoms with E-state index in [9.17, 15) is 4.79 Å². The lowest BCUT2D eigenvalue weighted by Gasteiger charge is -2.06. The Morgan fingerprint density at radius 2 is 2.06 bits per heavy atom. The number of aromatic nitrogens is 2. The summed E-state index contributed by atoms with van der Waals surface area (Å²) in [4.78, 5) is 11.6. The predicted molar refractivity (Wildman–Crippen MR) is 67.4 cm³/mol. The number of nitriles is 1. The fourth-order valence-electron chi connectivity index (χ4n) is 1.28. The number of carbonyl (C=O) groups is 1. The number of anilines is 2. The summed E-state index contributed by atoms with van der Waals surface area (Å²) in [6.07, 6.45) is 1.33. The number of hydrogen-bond donors (Lipinski definition) is 3. The molecule has 2 amide bonds. The zero-order valence-electron chi connectivity index (χ0n) is 9.07. The van der Waals surface area contributed by atoms with E-state index in [0.717, 1.165) is 0 Å². The highest BCUT2D eigenvalue weighted by atomic mass is 35.5. The van der Waals surface area contributed by atoms with Gasteiger partial charge >= 0.3 is 6.03 Å². The molecular weight excluding hydrogens is 254 g/mol. The van der Waals surface area contributed by atoms with Crippen LogP contribution in [0.4, 0.5) is 16.3 Å². The second-order valence-electron chi connectivity index (χ2n) is 3.36. The van der Waals surface area contributed by atoms with Crippen molar-refractivity contribution in [2.45, 2.75) is 0 Å². The molecule has 3 N–H and O–H groups in total. The van der Waals surface area contributed by atoms with Crippen molar-refractivity contribution in [3.05, 3.63) is 41.0 Å². The van der Waals surface area contributed by atoms with Gasteiger partial charge in [0.15, 0.2) is 0 Å². The highest BCUT2D eigenvalue weighted by Gasteiger charge is 2.08. The monoisotopic (exact) mass is 261 g/mol. The number of amides is 2. The predicted octanol–water partition coefficient (Wildman–Crippen LogP) is 2.58. The maximum absolute atomic E-state index is 11.6. The Bertz CT molecular complexity index is 599. The van der Waals surface area contributed by atoms with Crippen molar-refractivity contribution in [2.24, 2.45) is 0 Å². The molecule has 0 fully saturated rings. The molecule has 7 heteroatoms. The van der Waals surface area contributed by atoms with Crippen LogP contribution in [-0.2, 0) is 0 Å². The fraction of sp³-hybridized carbons (Fsp3) is 0. The highest BCUT2D eigenvalue weighted by Crippen LogP contribution is 2.14. The van der Waals surface area contributed by atoms with Gasteiger partial charge in [-0.15, -0.1) is 0 Å². The van der Waals surface area contributed by atoms with E-state index in [1.54, 1.807) is 24.3 Å². The molecule has 0 radical (unpaired) electrons. The second-order valence-corrected chi connectivity index (χ2v) is 3.79. The van der Waals surface area contributed by atoms with E-state index in [-0.39, 0.29) is 11.4 Å². The average Bonchev–Trinajstić information content (AvgIpc) is 2.79. The Morgan fingerprint density at radius 1 is 1.33 bits per heavy atom. The number of H-pyrrole nitrogens is 1. The number of aromatic amines is 1. The summed E-state index contributed by atoms with van der Waals surface area (Å²) < 4.78 is 0. The van der Waals surface area contributed by atoms with Crippen LogP contribution >= 0.6 is 11.6 Å². The third-order valence-electron chi connectivity index (χ3n) is 2.10. The van der Waals surface area contributed by atoms with Crippen LogP contribution in [0.2, 0.25) is 5.02 Å². The van der Waals surface area contributed by atoms with Crippen molar-refractivity contribution in [2.75, 3.05) is 10.6 Å². The number of nitrogens with one attached hydrogen (secondary N) is 3. The second kappa shape index (κ2) is 5.21. The number of benzene rings is 1. The Morgan fingerprint density at radius 3 is 2.72 bits per heavy atom. The molecule has 0 saturated carbocycles. The summed E-state index contributed by atoms with van der Waals surface area (Å²) in [5.41, 5.74) is 0.858. The van der Waals surface area contributed by atoms with E-state index < -0.39 is 6.03 Å². The Hall–Kier alpha value is -2.52. The van der Waals surface area contributed by atoms with Crippen molar-refractivity contribution in [3.8, 4) is 6.07 Å². The minimum atomic E-state index is -0.474. The van der Waals surface area contributed by atoms with E-state index >= 15 is 0 Å². The number of carbonyl (C=O) groups excluding carboxylic acids is 1. The number of nitrogens with zero attached hydrogens (tertiary/aromatic N) is 2. The van der Waals surface area contributed by atoms with Crippen molar-refractivity contribution >= 4 is 29.1 Å². The summed E-state index contributed by atoms with van der Waals surface area (Å²) in [5.74, 6) is 0.254. The van der Waals surface area contributed by atoms with Gasteiger partial charge in [0, 0.05) is 10.7 Å². The quantitative estimate of drug-likeness (QED) is 0.775. The average molecular weight is 262 g/mol. The van der Waals surface area contributed by atoms with Gasteiger partial charge in [-0.25, -0.2) is 4.79 Å². The van der Waals surface area contributed by atoms with E-state index in [4.69, 9.17) is 16.9 Å². The van der Waals surface area contributed by atoms with Gasteiger partial charge < -0.3 is 5.32 Å². The van der Waals surface area contributed by atoms with Crippen molar-refractivity contribution in [3.63, 3.8) is 0 Å². The first-order valence-corrected chi connectivity index (χ1v) is 5.34. The van der Waals surface area contributed by atoms with E-state index in [2.05, 4.69) is 20.8 Å². The minimum Gasteiger partial charge on any atom is -0.308 e. The maximum Gasteiger partial charge on any atom is 0.324 e. The largest absolute Gasteiger partial charge is 0.324 e. The summed E-state index contributed by atoms with van der Waals surface area (Å²) in [6.45, 7) is 0. The molecule has 1 aromatic heterocycles. The molecule has 2 rings (SSSR count). The Balaban J connectivity index is 2.01. The topological polar surface area (TPSA) is 93.6 Å². The fourth-order valence-corrected chi connectivity index (χ4v) is 1.40. The van der Waals surface area contributed by atoms with Gasteiger partial charge in [0.1, 0.15) is 17.5 Å². The van der Waals surface area contributed by atoms with Gasteiger partial charge in [-0.3, -0.25) is 10.4 Å².